The smallest absolute Gasteiger partial charge is 0.274 e. The number of carbonyl (C=O) groups excluding carboxylic acids is 1. The van der Waals surface area contributed by atoms with Gasteiger partial charge in [-0.25, -0.2) is 9.97 Å². The molecule has 0 aliphatic rings. The largest absolute Gasteiger partial charge is 0.504 e. The molecule has 2 heterocycles. The number of amides is 1. The molecule has 140 valence electrons. The summed E-state index contributed by atoms with van der Waals surface area (Å²) >= 11 is 0. The third kappa shape index (κ3) is 4.17. The highest BCUT2D eigenvalue weighted by atomic mass is 16.5. The summed E-state index contributed by atoms with van der Waals surface area (Å²) in [6.07, 6.45) is 2.97. The zero-order valence-corrected chi connectivity index (χ0v) is 14.9. The van der Waals surface area contributed by atoms with Gasteiger partial charge >= 0.3 is 0 Å². The average molecular weight is 369 g/mol. The third-order valence-electron chi connectivity index (χ3n) is 3.69. The maximum atomic E-state index is 12.3. The molecule has 0 bridgehead atoms. The molecule has 1 amide bonds. The summed E-state index contributed by atoms with van der Waals surface area (Å²) in [6, 6.07) is 8.22. The van der Waals surface area contributed by atoms with Crippen LogP contribution in [0.3, 0.4) is 0 Å². The number of hydrogen-bond donors (Lipinski definition) is 2. The van der Waals surface area contributed by atoms with Crippen molar-refractivity contribution in [3.8, 4) is 28.7 Å². The molecule has 3 rings (SSSR count). The summed E-state index contributed by atoms with van der Waals surface area (Å²) in [4.78, 5) is 20.7. The van der Waals surface area contributed by atoms with Crippen LogP contribution in [0, 0.1) is 0 Å². The molecule has 0 unspecified atom stereocenters. The molecule has 8 nitrogen and oxygen atoms in total. The first-order valence-electron chi connectivity index (χ1n) is 8.30. The van der Waals surface area contributed by atoms with E-state index >= 15 is 0 Å². The first-order valence-corrected chi connectivity index (χ1v) is 8.30. The standard InChI is InChI=1S/C19H19N3O5/c1-3-26-16-5-4-8-20-17(16)18(24)21-10-13-11-27-19(22-13)12-6-7-15(25-2)14(23)9-12/h4-9,11,23H,3,10H2,1-2H3,(H,21,24). The van der Waals surface area contributed by atoms with Gasteiger partial charge in [-0.15, -0.1) is 0 Å². The van der Waals surface area contributed by atoms with E-state index in [9.17, 15) is 9.90 Å². The SMILES string of the molecule is CCOc1cccnc1C(=O)NCc1coc(-c2ccc(OC)c(O)c2)n1. The maximum absolute atomic E-state index is 12.3. The lowest BCUT2D eigenvalue weighted by Gasteiger charge is -2.08. The van der Waals surface area contributed by atoms with Crippen molar-refractivity contribution < 1.29 is 23.8 Å². The molecule has 27 heavy (non-hydrogen) atoms. The predicted octanol–water partition coefficient (Wildman–Crippen LogP) is 2.78. The van der Waals surface area contributed by atoms with Gasteiger partial charge in [0.2, 0.25) is 5.89 Å². The number of carbonyl (C=O) groups is 1. The molecule has 2 N–H and O–H groups in total. The molecule has 0 aliphatic carbocycles. The molecule has 0 spiro atoms. The fraction of sp³-hybridized carbons (Fsp3) is 0.211. The fourth-order valence-corrected chi connectivity index (χ4v) is 2.43. The lowest BCUT2D eigenvalue weighted by atomic mass is 10.2. The highest BCUT2D eigenvalue weighted by molar-refractivity contribution is 5.94. The highest BCUT2D eigenvalue weighted by Gasteiger charge is 2.15. The van der Waals surface area contributed by atoms with Crippen molar-refractivity contribution in [1.29, 1.82) is 0 Å². The van der Waals surface area contributed by atoms with Gasteiger partial charge < -0.3 is 24.3 Å². The molecule has 0 atom stereocenters. The van der Waals surface area contributed by atoms with Gasteiger partial charge in [0.15, 0.2) is 22.9 Å². The summed E-state index contributed by atoms with van der Waals surface area (Å²) in [5, 5.41) is 12.6. The van der Waals surface area contributed by atoms with E-state index in [0.717, 1.165) is 0 Å². The van der Waals surface area contributed by atoms with Gasteiger partial charge in [0.1, 0.15) is 6.26 Å². The lowest BCUT2D eigenvalue weighted by molar-refractivity contribution is 0.0941. The van der Waals surface area contributed by atoms with Gasteiger partial charge in [0.05, 0.1) is 26.0 Å². The minimum atomic E-state index is -0.370. The Kier molecular flexibility index (Phi) is 5.55. The van der Waals surface area contributed by atoms with Gasteiger partial charge in [-0.2, -0.15) is 0 Å². The van der Waals surface area contributed by atoms with Crippen molar-refractivity contribution in [2.45, 2.75) is 13.5 Å². The number of aromatic hydroxyl groups is 1. The number of pyridine rings is 1. The van der Waals surface area contributed by atoms with Crippen LogP contribution in [-0.2, 0) is 6.54 Å². The maximum Gasteiger partial charge on any atom is 0.274 e. The number of nitrogens with one attached hydrogen (secondary N) is 1. The molecule has 0 radical (unpaired) electrons. The number of aromatic nitrogens is 2. The van der Waals surface area contributed by atoms with Gasteiger partial charge in [-0.1, -0.05) is 0 Å². The van der Waals surface area contributed by atoms with Gasteiger partial charge in [-0.3, -0.25) is 4.79 Å². The van der Waals surface area contributed by atoms with Crippen molar-refractivity contribution >= 4 is 5.91 Å². The molecule has 8 heteroatoms. The molecular weight excluding hydrogens is 350 g/mol. The average Bonchev–Trinajstić information content (AvgIpc) is 3.16. The first-order chi connectivity index (χ1) is 13.1. The van der Waals surface area contributed by atoms with E-state index in [4.69, 9.17) is 13.9 Å². The summed E-state index contributed by atoms with van der Waals surface area (Å²) in [5.41, 5.74) is 1.33. The number of rotatable bonds is 7. The second-order valence-corrected chi connectivity index (χ2v) is 5.50. The number of benzene rings is 1. The quantitative estimate of drug-likeness (QED) is 0.659. The van der Waals surface area contributed by atoms with E-state index in [2.05, 4.69) is 15.3 Å². The molecule has 3 aromatic rings. The molecule has 0 saturated heterocycles. The van der Waals surface area contributed by atoms with Gasteiger partial charge in [-0.05, 0) is 37.3 Å². The Morgan fingerprint density at radius 1 is 1.30 bits per heavy atom. The Morgan fingerprint density at radius 2 is 2.15 bits per heavy atom. The van der Waals surface area contributed by atoms with Crippen molar-refractivity contribution in [2.24, 2.45) is 0 Å². The first kappa shape index (κ1) is 18.2. The molecule has 0 saturated carbocycles. The van der Waals surface area contributed by atoms with Crippen LogP contribution < -0.4 is 14.8 Å². The van der Waals surface area contributed by atoms with Crippen molar-refractivity contribution in [1.82, 2.24) is 15.3 Å². The molecule has 0 aliphatic heterocycles. The topological polar surface area (TPSA) is 107 Å². The molecule has 1 aromatic carbocycles. The van der Waals surface area contributed by atoms with Crippen LogP contribution in [0.15, 0.2) is 47.2 Å². The normalized spacial score (nSPS) is 10.4. The predicted molar refractivity (Wildman–Crippen MR) is 96.7 cm³/mol. The Bertz CT molecular complexity index is 939. The van der Waals surface area contributed by atoms with Crippen LogP contribution in [0.1, 0.15) is 23.1 Å². The number of nitrogens with zero attached hydrogens (tertiary/aromatic N) is 2. The Morgan fingerprint density at radius 3 is 2.89 bits per heavy atom. The van der Waals surface area contributed by atoms with Crippen molar-refractivity contribution in [3.05, 3.63) is 54.2 Å². The van der Waals surface area contributed by atoms with E-state index in [-0.39, 0.29) is 23.9 Å². The Labute approximate surface area is 155 Å². The summed E-state index contributed by atoms with van der Waals surface area (Å²) in [7, 11) is 1.47. The van der Waals surface area contributed by atoms with E-state index in [1.54, 1.807) is 24.3 Å². The minimum absolute atomic E-state index is 0.0124. The zero-order valence-electron chi connectivity index (χ0n) is 14.9. The molecule has 0 fully saturated rings. The Hall–Kier alpha value is -3.55. The van der Waals surface area contributed by atoms with E-state index < -0.39 is 0 Å². The van der Waals surface area contributed by atoms with Crippen LogP contribution in [-0.4, -0.2) is 34.7 Å². The Balaban J connectivity index is 1.68. The number of phenols is 1. The number of ether oxygens (including phenoxy) is 2. The fourth-order valence-electron chi connectivity index (χ4n) is 2.43. The van der Waals surface area contributed by atoms with Crippen LogP contribution in [0.5, 0.6) is 17.2 Å². The van der Waals surface area contributed by atoms with E-state index in [1.807, 2.05) is 6.92 Å². The number of methoxy groups -OCH3 is 1. The van der Waals surface area contributed by atoms with Crippen LogP contribution in [0.2, 0.25) is 0 Å². The number of hydrogen-bond acceptors (Lipinski definition) is 7. The highest BCUT2D eigenvalue weighted by Crippen LogP contribution is 2.30. The van der Waals surface area contributed by atoms with Crippen LogP contribution in [0.25, 0.3) is 11.5 Å². The van der Waals surface area contributed by atoms with E-state index in [1.165, 1.54) is 25.6 Å². The molecule has 2 aromatic heterocycles. The summed E-state index contributed by atoms with van der Waals surface area (Å²) in [6.45, 7) is 2.43. The second-order valence-electron chi connectivity index (χ2n) is 5.50. The minimum Gasteiger partial charge on any atom is -0.504 e. The number of oxazole rings is 1. The lowest BCUT2D eigenvalue weighted by Crippen LogP contribution is -2.24. The van der Waals surface area contributed by atoms with E-state index in [0.29, 0.717) is 35.3 Å². The monoisotopic (exact) mass is 369 g/mol. The summed E-state index contributed by atoms with van der Waals surface area (Å²) < 4.78 is 15.8. The second kappa shape index (κ2) is 8.22. The number of phenolic OH excluding ortho intramolecular Hbond substituents is 1. The van der Waals surface area contributed by atoms with Crippen molar-refractivity contribution in [3.63, 3.8) is 0 Å². The zero-order chi connectivity index (χ0) is 19.2. The van der Waals surface area contributed by atoms with Gasteiger partial charge in [0, 0.05) is 11.8 Å². The van der Waals surface area contributed by atoms with Gasteiger partial charge in [0.25, 0.3) is 5.91 Å². The summed E-state index contributed by atoms with van der Waals surface area (Å²) in [5.74, 6) is 0.725. The van der Waals surface area contributed by atoms with Crippen LogP contribution >= 0.6 is 0 Å². The molecular formula is C19H19N3O5. The van der Waals surface area contributed by atoms with Crippen molar-refractivity contribution in [2.75, 3.05) is 13.7 Å². The third-order valence-corrected chi connectivity index (χ3v) is 3.69. The van der Waals surface area contributed by atoms with Crippen LogP contribution in [0.4, 0.5) is 0 Å².